The van der Waals surface area contributed by atoms with Crippen molar-refractivity contribution < 1.29 is 0 Å². The van der Waals surface area contributed by atoms with Crippen molar-refractivity contribution in [3.63, 3.8) is 0 Å². The Morgan fingerprint density at radius 2 is 2.11 bits per heavy atom. The van der Waals surface area contributed by atoms with Crippen molar-refractivity contribution >= 4 is 0 Å². The summed E-state index contributed by atoms with van der Waals surface area (Å²) in [5, 5.41) is 0. The zero-order valence-corrected chi connectivity index (χ0v) is 12.4. The minimum atomic E-state index is 0.637. The molecule has 1 aliphatic carbocycles. The Balaban J connectivity index is 2.17. The van der Waals surface area contributed by atoms with E-state index in [-0.39, 0.29) is 0 Å². The predicted octanol–water partition coefficient (Wildman–Crippen LogP) is 4.78. The van der Waals surface area contributed by atoms with Crippen molar-refractivity contribution in [2.45, 2.75) is 78.1 Å². The van der Waals surface area contributed by atoms with E-state index in [2.05, 4.69) is 32.7 Å². The molecule has 0 fully saturated rings. The number of nitrogens with zero attached hydrogens (tertiary/aromatic N) is 1. The minimum Gasteiger partial charge on any atom is -0.345 e. The molecular weight excluding hydrogens is 220 g/mol. The lowest BCUT2D eigenvalue weighted by molar-refractivity contribution is 0.440. The number of H-pyrrole nitrogens is 1. The van der Waals surface area contributed by atoms with Crippen molar-refractivity contribution in [2.75, 3.05) is 0 Å². The average Bonchev–Trinajstić information content (AvgIpc) is 2.74. The molecule has 1 aromatic rings. The van der Waals surface area contributed by atoms with Crippen LogP contribution in [0.2, 0.25) is 0 Å². The fraction of sp³-hybridized carbons (Fsp3) is 0.812. The molecule has 0 amide bonds. The number of aromatic nitrogens is 2. The summed E-state index contributed by atoms with van der Waals surface area (Å²) in [6, 6.07) is 0. The van der Waals surface area contributed by atoms with Gasteiger partial charge in [-0.1, -0.05) is 40.5 Å². The van der Waals surface area contributed by atoms with Gasteiger partial charge in [0.05, 0.1) is 5.69 Å². The van der Waals surface area contributed by atoms with E-state index in [4.69, 9.17) is 4.98 Å². The molecule has 0 spiro atoms. The fourth-order valence-corrected chi connectivity index (χ4v) is 3.33. The lowest BCUT2D eigenvalue weighted by Gasteiger charge is -2.22. The number of fused-ring (bicyclic) bond motifs is 1. The van der Waals surface area contributed by atoms with Gasteiger partial charge in [-0.15, -0.1) is 0 Å². The predicted molar refractivity (Wildman–Crippen MR) is 77.0 cm³/mol. The topological polar surface area (TPSA) is 28.7 Å². The summed E-state index contributed by atoms with van der Waals surface area (Å²) >= 11 is 0. The van der Waals surface area contributed by atoms with Crippen LogP contribution in [0, 0.1) is 5.92 Å². The highest BCUT2D eigenvalue weighted by Crippen LogP contribution is 2.35. The van der Waals surface area contributed by atoms with Crippen LogP contribution in [0.4, 0.5) is 0 Å². The van der Waals surface area contributed by atoms with Crippen LogP contribution in [0.25, 0.3) is 0 Å². The molecular formula is C16H28N2. The second-order valence-corrected chi connectivity index (χ2v) is 6.18. The molecule has 102 valence electrons. The molecule has 0 saturated heterocycles. The summed E-state index contributed by atoms with van der Waals surface area (Å²) < 4.78 is 0. The SMILES string of the molecule is CCCCC(CC)c1nc2c([nH]1)CC(C)CC2C. The highest BCUT2D eigenvalue weighted by molar-refractivity contribution is 5.23. The van der Waals surface area contributed by atoms with Crippen molar-refractivity contribution in [1.29, 1.82) is 0 Å². The molecule has 1 N–H and O–H groups in total. The molecule has 1 heterocycles. The maximum atomic E-state index is 4.93. The van der Waals surface area contributed by atoms with Gasteiger partial charge in [0, 0.05) is 17.5 Å². The third-order valence-electron chi connectivity index (χ3n) is 4.39. The average molecular weight is 248 g/mol. The van der Waals surface area contributed by atoms with Crippen LogP contribution in [0.1, 0.15) is 88.8 Å². The van der Waals surface area contributed by atoms with Crippen molar-refractivity contribution in [3.05, 3.63) is 17.2 Å². The van der Waals surface area contributed by atoms with E-state index in [1.165, 1.54) is 55.7 Å². The van der Waals surface area contributed by atoms with Crippen molar-refractivity contribution in [3.8, 4) is 0 Å². The van der Waals surface area contributed by atoms with Gasteiger partial charge in [0.25, 0.3) is 0 Å². The Hall–Kier alpha value is -0.790. The molecule has 3 unspecified atom stereocenters. The third kappa shape index (κ3) is 2.78. The zero-order valence-electron chi connectivity index (χ0n) is 12.4. The second kappa shape index (κ2) is 5.90. The maximum absolute atomic E-state index is 4.93. The van der Waals surface area contributed by atoms with E-state index in [9.17, 15) is 0 Å². The summed E-state index contributed by atoms with van der Waals surface area (Å²) in [7, 11) is 0. The molecule has 3 atom stereocenters. The number of rotatable bonds is 5. The van der Waals surface area contributed by atoms with Gasteiger partial charge in [-0.2, -0.15) is 0 Å². The summed E-state index contributed by atoms with van der Waals surface area (Å²) in [4.78, 5) is 8.58. The molecule has 0 radical (unpaired) electrons. The van der Waals surface area contributed by atoms with Crippen molar-refractivity contribution in [2.24, 2.45) is 5.92 Å². The van der Waals surface area contributed by atoms with Crippen LogP contribution in [0.5, 0.6) is 0 Å². The zero-order chi connectivity index (χ0) is 13.1. The molecule has 1 aliphatic rings. The molecule has 2 heteroatoms. The largest absolute Gasteiger partial charge is 0.345 e. The monoisotopic (exact) mass is 248 g/mol. The van der Waals surface area contributed by atoms with Gasteiger partial charge in [-0.25, -0.2) is 4.98 Å². The fourth-order valence-electron chi connectivity index (χ4n) is 3.33. The van der Waals surface area contributed by atoms with Crippen LogP contribution < -0.4 is 0 Å². The van der Waals surface area contributed by atoms with Crippen LogP contribution in [-0.4, -0.2) is 9.97 Å². The van der Waals surface area contributed by atoms with E-state index in [0.717, 1.165) is 5.92 Å². The molecule has 0 bridgehead atoms. The molecule has 2 rings (SSSR count). The number of aromatic amines is 1. The normalized spacial score (nSPS) is 24.9. The van der Waals surface area contributed by atoms with E-state index in [0.29, 0.717) is 11.8 Å². The van der Waals surface area contributed by atoms with Crippen LogP contribution in [0.3, 0.4) is 0 Å². The summed E-state index contributed by atoms with van der Waals surface area (Å²) in [5.74, 6) is 3.34. The van der Waals surface area contributed by atoms with E-state index < -0.39 is 0 Å². The lowest BCUT2D eigenvalue weighted by atomic mass is 9.84. The Morgan fingerprint density at radius 3 is 2.78 bits per heavy atom. The molecule has 0 aromatic carbocycles. The van der Waals surface area contributed by atoms with Crippen LogP contribution >= 0.6 is 0 Å². The Labute approximate surface area is 112 Å². The lowest BCUT2D eigenvalue weighted by Crippen LogP contribution is -2.14. The number of unbranched alkanes of at least 4 members (excludes halogenated alkanes) is 1. The van der Waals surface area contributed by atoms with Gasteiger partial charge in [-0.3, -0.25) is 0 Å². The first kappa shape index (κ1) is 13.6. The van der Waals surface area contributed by atoms with Gasteiger partial charge >= 0.3 is 0 Å². The van der Waals surface area contributed by atoms with Crippen LogP contribution in [0.15, 0.2) is 0 Å². The quantitative estimate of drug-likeness (QED) is 0.798. The van der Waals surface area contributed by atoms with Gasteiger partial charge < -0.3 is 4.98 Å². The van der Waals surface area contributed by atoms with E-state index in [1.807, 2.05) is 0 Å². The van der Waals surface area contributed by atoms with Crippen LogP contribution in [-0.2, 0) is 6.42 Å². The molecule has 0 saturated carbocycles. The molecule has 18 heavy (non-hydrogen) atoms. The maximum Gasteiger partial charge on any atom is 0.109 e. The summed E-state index contributed by atoms with van der Waals surface area (Å²) in [5.41, 5.74) is 2.78. The summed E-state index contributed by atoms with van der Waals surface area (Å²) in [6.45, 7) is 9.23. The molecule has 2 nitrogen and oxygen atoms in total. The minimum absolute atomic E-state index is 0.637. The Bertz CT molecular complexity index is 380. The number of nitrogens with one attached hydrogen (secondary N) is 1. The van der Waals surface area contributed by atoms with E-state index in [1.54, 1.807) is 0 Å². The third-order valence-corrected chi connectivity index (χ3v) is 4.39. The number of imidazole rings is 1. The number of hydrogen-bond donors (Lipinski definition) is 1. The first-order chi connectivity index (χ1) is 8.65. The standard InChI is InChI=1S/C16H28N2/c1-5-7-8-13(6-2)16-17-14-10-11(3)9-12(4)15(14)18-16/h11-13H,5-10H2,1-4H3,(H,17,18). The van der Waals surface area contributed by atoms with Crippen molar-refractivity contribution in [1.82, 2.24) is 9.97 Å². The van der Waals surface area contributed by atoms with Gasteiger partial charge in [-0.05, 0) is 31.6 Å². The van der Waals surface area contributed by atoms with Gasteiger partial charge in [0.1, 0.15) is 5.82 Å². The smallest absolute Gasteiger partial charge is 0.109 e. The summed E-state index contributed by atoms with van der Waals surface area (Å²) in [6.07, 6.45) is 7.57. The van der Waals surface area contributed by atoms with E-state index >= 15 is 0 Å². The second-order valence-electron chi connectivity index (χ2n) is 6.18. The Morgan fingerprint density at radius 1 is 1.33 bits per heavy atom. The number of hydrogen-bond acceptors (Lipinski definition) is 1. The first-order valence-corrected chi connectivity index (χ1v) is 7.74. The first-order valence-electron chi connectivity index (χ1n) is 7.74. The van der Waals surface area contributed by atoms with Gasteiger partial charge in [0.15, 0.2) is 0 Å². The molecule has 1 aromatic heterocycles. The highest BCUT2D eigenvalue weighted by atomic mass is 15.0. The Kier molecular flexibility index (Phi) is 4.47. The van der Waals surface area contributed by atoms with Gasteiger partial charge in [0.2, 0.25) is 0 Å². The molecule has 0 aliphatic heterocycles. The highest BCUT2D eigenvalue weighted by Gasteiger charge is 2.26.